The number of methoxy groups -OCH3 is 1. The average molecular weight is 686 g/mol. The molecule has 0 unspecified atom stereocenters. The van der Waals surface area contributed by atoms with E-state index in [0.29, 0.717) is 25.5 Å². The van der Waals surface area contributed by atoms with Crippen LogP contribution in [-0.4, -0.2) is 24.9 Å². The summed E-state index contributed by atoms with van der Waals surface area (Å²) >= 11 is 10.3. The second-order valence-corrected chi connectivity index (χ2v) is 9.56. The molecule has 0 spiro atoms. The van der Waals surface area contributed by atoms with Crippen molar-refractivity contribution < 1.29 is 23.8 Å². The zero-order valence-corrected chi connectivity index (χ0v) is 22.0. The van der Waals surface area contributed by atoms with Gasteiger partial charge in [0.2, 0.25) is 5.90 Å². The molecule has 0 saturated carbocycles. The molecular formula is C24H14ClI2NO5. The maximum atomic E-state index is 12.6. The molecule has 0 radical (unpaired) electrons. The zero-order valence-electron chi connectivity index (χ0n) is 17.0. The first-order valence-electron chi connectivity index (χ1n) is 9.48. The number of nitrogens with zero attached hydrogens (tertiary/aromatic N) is 1. The van der Waals surface area contributed by atoms with E-state index in [1.807, 2.05) is 46.9 Å². The third kappa shape index (κ3) is 5.39. The molecule has 3 aromatic carbocycles. The minimum absolute atomic E-state index is 0.155. The van der Waals surface area contributed by atoms with Gasteiger partial charge in [-0.05, 0) is 105 Å². The van der Waals surface area contributed by atoms with E-state index in [2.05, 4.69) is 27.6 Å². The Morgan fingerprint density at radius 1 is 1.09 bits per heavy atom. The SMILES string of the molecule is COc1cc(/C=C2\N=C(c3ccc(I)cc3)OC2=O)cc(I)c1OC(=O)c1ccccc1Cl. The van der Waals surface area contributed by atoms with Gasteiger partial charge in [-0.15, -0.1) is 0 Å². The summed E-state index contributed by atoms with van der Waals surface area (Å²) in [4.78, 5) is 29.3. The van der Waals surface area contributed by atoms with Gasteiger partial charge in [0.05, 0.1) is 21.3 Å². The van der Waals surface area contributed by atoms with Crippen molar-refractivity contribution in [1.82, 2.24) is 0 Å². The van der Waals surface area contributed by atoms with Gasteiger partial charge in [-0.3, -0.25) is 0 Å². The Balaban J connectivity index is 1.63. The van der Waals surface area contributed by atoms with E-state index in [9.17, 15) is 9.59 Å². The van der Waals surface area contributed by atoms with Gasteiger partial charge >= 0.3 is 11.9 Å². The molecule has 3 aromatic rings. The predicted molar refractivity (Wildman–Crippen MR) is 142 cm³/mol. The Morgan fingerprint density at radius 2 is 1.82 bits per heavy atom. The van der Waals surface area contributed by atoms with Crippen molar-refractivity contribution in [3.05, 3.63) is 95.2 Å². The molecule has 166 valence electrons. The number of cyclic esters (lactones) is 1. The van der Waals surface area contributed by atoms with Crippen LogP contribution in [0.1, 0.15) is 21.5 Å². The van der Waals surface area contributed by atoms with E-state index in [0.717, 1.165) is 3.57 Å². The predicted octanol–water partition coefficient (Wildman–Crippen LogP) is 6.12. The number of carbonyl (C=O) groups excluding carboxylic acids is 2. The summed E-state index contributed by atoms with van der Waals surface area (Å²) in [6, 6.07) is 17.5. The maximum Gasteiger partial charge on any atom is 0.363 e. The Hall–Kier alpha value is -2.44. The molecule has 0 bridgehead atoms. The van der Waals surface area contributed by atoms with Crippen LogP contribution in [0, 0.1) is 7.14 Å². The third-order valence-electron chi connectivity index (χ3n) is 4.56. The molecule has 0 atom stereocenters. The Morgan fingerprint density at radius 3 is 2.52 bits per heavy atom. The number of benzene rings is 3. The zero-order chi connectivity index (χ0) is 23.5. The van der Waals surface area contributed by atoms with E-state index in [1.54, 1.807) is 42.5 Å². The van der Waals surface area contributed by atoms with E-state index in [-0.39, 0.29) is 22.9 Å². The second kappa shape index (κ2) is 10.2. The van der Waals surface area contributed by atoms with Crippen molar-refractivity contribution in [1.29, 1.82) is 0 Å². The van der Waals surface area contributed by atoms with Crippen molar-refractivity contribution in [3.63, 3.8) is 0 Å². The van der Waals surface area contributed by atoms with Gasteiger partial charge in [-0.1, -0.05) is 23.7 Å². The number of halogens is 3. The minimum Gasteiger partial charge on any atom is -0.493 e. The van der Waals surface area contributed by atoms with Crippen LogP contribution in [0.2, 0.25) is 5.02 Å². The molecule has 9 heteroatoms. The molecule has 6 nitrogen and oxygen atoms in total. The molecule has 0 N–H and O–H groups in total. The van der Waals surface area contributed by atoms with E-state index < -0.39 is 11.9 Å². The van der Waals surface area contributed by atoms with Gasteiger partial charge in [-0.25, -0.2) is 14.6 Å². The summed E-state index contributed by atoms with van der Waals surface area (Å²) < 4.78 is 18.0. The van der Waals surface area contributed by atoms with Crippen LogP contribution < -0.4 is 9.47 Å². The van der Waals surface area contributed by atoms with Crippen LogP contribution in [0.3, 0.4) is 0 Å². The Bertz CT molecular complexity index is 1320. The number of aliphatic imine (C=N–C) groups is 1. The van der Waals surface area contributed by atoms with Crippen molar-refractivity contribution in [3.8, 4) is 11.5 Å². The van der Waals surface area contributed by atoms with Gasteiger partial charge in [0.25, 0.3) is 0 Å². The molecule has 4 rings (SSSR count). The highest BCUT2D eigenvalue weighted by Gasteiger charge is 2.25. The molecular weight excluding hydrogens is 672 g/mol. The maximum absolute atomic E-state index is 12.6. The normalized spacial score (nSPS) is 14.1. The lowest BCUT2D eigenvalue weighted by atomic mass is 10.1. The average Bonchev–Trinajstić information content (AvgIpc) is 3.16. The quantitative estimate of drug-likeness (QED) is 0.140. The fourth-order valence-electron chi connectivity index (χ4n) is 2.98. The van der Waals surface area contributed by atoms with Crippen molar-refractivity contribution in [2.45, 2.75) is 0 Å². The van der Waals surface area contributed by atoms with Crippen LogP contribution in [0.15, 0.2) is 71.4 Å². The molecule has 33 heavy (non-hydrogen) atoms. The van der Waals surface area contributed by atoms with Crippen molar-refractivity contribution in [2.75, 3.05) is 7.11 Å². The first-order chi connectivity index (χ1) is 15.9. The topological polar surface area (TPSA) is 74.2 Å². The highest BCUT2D eigenvalue weighted by molar-refractivity contribution is 14.1. The smallest absolute Gasteiger partial charge is 0.363 e. The summed E-state index contributed by atoms with van der Waals surface area (Å²) in [5, 5.41) is 0.291. The number of ether oxygens (including phenoxy) is 3. The largest absolute Gasteiger partial charge is 0.493 e. The molecule has 0 fully saturated rings. The summed E-state index contributed by atoms with van der Waals surface area (Å²) in [6.07, 6.45) is 1.59. The summed E-state index contributed by atoms with van der Waals surface area (Å²) in [5.74, 6) is -0.333. The van der Waals surface area contributed by atoms with E-state index in [1.165, 1.54) is 7.11 Å². The lowest BCUT2D eigenvalue weighted by molar-refractivity contribution is -0.129. The molecule has 1 heterocycles. The molecule has 0 aliphatic carbocycles. The number of hydrogen-bond donors (Lipinski definition) is 0. The van der Waals surface area contributed by atoms with Crippen LogP contribution in [-0.2, 0) is 9.53 Å². The molecule has 0 aromatic heterocycles. The highest BCUT2D eigenvalue weighted by Crippen LogP contribution is 2.36. The third-order valence-corrected chi connectivity index (χ3v) is 6.41. The summed E-state index contributed by atoms with van der Waals surface area (Å²) in [6.45, 7) is 0. The number of carbonyl (C=O) groups is 2. The standard InChI is InChI=1S/C24H14ClI2NO5/c1-31-20-12-13(10-18(27)21(20)32-23(29)16-4-2-3-5-17(16)25)11-19-24(30)33-22(28-19)14-6-8-15(26)9-7-14/h2-12H,1H3/b19-11-. The molecule has 1 aliphatic heterocycles. The fourth-order valence-corrected chi connectivity index (χ4v) is 4.29. The lowest BCUT2D eigenvalue weighted by Crippen LogP contribution is -2.11. The number of rotatable bonds is 5. The van der Waals surface area contributed by atoms with Crippen LogP contribution in [0.25, 0.3) is 6.08 Å². The highest BCUT2D eigenvalue weighted by atomic mass is 127. The van der Waals surface area contributed by atoms with Gasteiger partial charge in [0.15, 0.2) is 17.2 Å². The van der Waals surface area contributed by atoms with E-state index in [4.69, 9.17) is 25.8 Å². The first-order valence-corrected chi connectivity index (χ1v) is 12.0. The van der Waals surface area contributed by atoms with Crippen LogP contribution in [0.5, 0.6) is 11.5 Å². The van der Waals surface area contributed by atoms with Crippen molar-refractivity contribution in [2.24, 2.45) is 4.99 Å². The lowest BCUT2D eigenvalue weighted by Gasteiger charge is -2.13. The van der Waals surface area contributed by atoms with Gasteiger partial charge in [-0.2, -0.15) is 0 Å². The fraction of sp³-hybridized carbons (Fsp3) is 0.0417. The molecule has 1 aliphatic rings. The summed E-state index contributed by atoms with van der Waals surface area (Å²) in [7, 11) is 1.46. The van der Waals surface area contributed by atoms with Gasteiger partial charge < -0.3 is 14.2 Å². The number of esters is 2. The monoisotopic (exact) mass is 685 g/mol. The number of hydrogen-bond acceptors (Lipinski definition) is 6. The molecule has 0 amide bonds. The minimum atomic E-state index is -0.603. The van der Waals surface area contributed by atoms with Crippen LogP contribution in [0.4, 0.5) is 0 Å². The second-order valence-electron chi connectivity index (χ2n) is 6.75. The Kier molecular flexibility index (Phi) is 7.35. The molecule has 0 saturated heterocycles. The Labute approximate surface area is 221 Å². The summed E-state index contributed by atoms with van der Waals surface area (Å²) in [5.41, 5.74) is 1.74. The first kappa shape index (κ1) is 23.7. The van der Waals surface area contributed by atoms with Gasteiger partial charge in [0, 0.05) is 9.13 Å². The van der Waals surface area contributed by atoms with Gasteiger partial charge in [0.1, 0.15) is 0 Å². The van der Waals surface area contributed by atoms with E-state index >= 15 is 0 Å². The van der Waals surface area contributed by atoms with Crippen molar-refractivity contribution >= 4 is 80.7 Å². The van der Waals surface area contributed by atoms with Crippen LogP contribution >= 0.6 is 56.8 Å².